The van der Waals surface area contributed by atoms with Gasteiger partial charge in [0.05, 0.1) is 24.7 Å². The first-order valence-electron chi connectivity index (χ1n) is 9.14. The van der Waals surface area contributed by atoms with E-state index in [9.17, 15) is 14.9 Å². The van der Waals surface area contributed by atoms with Crippen molar-refractivity contribution in [2.75, 3.05) is 26.4 Å². The van der Waals surface area contributed by atoms with E-state index in [0.29, 0.717) is 36.9 Å². The van der Waals surface area contributed by atoms with Gasteiger partial charge in [0, 0.05) is 11.6 Å². The molecular weight excluding hydrogens is 382 g/mol. The van der Waals surface area contributed by atoms with Crippen LogP contribution in [0.25, 0.3) is 0 Å². The van der Waals surface area contributed by atoms with Crippen molar-refractivity contribution in [2.45, 2.75) is 19.6 Å². The number of nitro groups is 1. The Morgan fingerprint density at radius 2 is 1.76 bits per heavy atom. The molecule has 0 saturated carbocycles. The molecular formula is C20H21NO8. The SMILES string of the molecule is CCOc1ccc(OCC(=O)Oc2ccc(C3OCCCO3)cc2[N+](=O)[O-])cc1. The zero-order valence-corrected chi connectivity index (χ0v) is 15.9. The molecule has 0 radical (unpaired) electrons. The van der Waals surface area contributed by atoms with Crippen LogP contribution in [0.15, 0.2) is 42.5 Å². The van der Waals surface area contributed by atoms with Crippen LogP contribution in [0, 0.1) is 10.1 Å². The van der Waals surface area contributed by atoms with E-state index in [4.69, 9.17) is 23.7 Å². The summed E-state index contributed by atoms with van der Waals surface area (Å²) in [6.07, 6.45) is 0.0954. The molecule has 2 aromatic rings. The van der Waals surface area contributed by atoms with Crippen LogP contribution in [-0.4, -0.2) is 37.3 Å². The minimum Gasteiger partial charge on any atom is -0.494 e. The molecule has 9 heteroatoms. The largest absolute Gasteiger partial charge is 0.494 e. The zero-order valence-electron chi connectivity index (χ0n) is 15.9. The highest BCUT2D eigenvalue weighted by atomic mass is 16.7. The number of rotatable bonds is 8. The van der Waals surface area contributed by atoms with Crippen LogP contribution in [0.4, 0.5) is 5.69 Å². The maximum absolute atomic E-state index is 12.1. The van der Waals surface area contributed by atoms with Gasteiger partial charge in [-0.1, -0.05) is 0 Å². The molecule has 0 amide bonds. The van der Waals surface area contributed by atoms with Gasteiger partial charge in [0.2, 0.25) is 5.75 Å². The minimum absolute atomic E-state index is 0.171. The maximum Gasteiger partial charge on any atom is 0.349 e. The van der Waals surface area contributed by atoms with Gasteiger partial charge < -0.3 is 23.7 Å². The molecule has 3 rings (SSSR count). The summed E-state index contributed by atoms with van der Waals surface area (Å²) >= 11 is 0. The Morgan fingerprint density at radius 3 is 2.38 bits per heavy atom. The van der Waals surface area contributed by atoms with Gasteiger partial charge in [-0.15, -0.1) is 0 Å². The van der Waals surface area contributed by atoms with Gasteiger partial charge in [-0.3, -0.25) is 10.1 Å². The molecule has 1 fully saturated rings. The fourth-order valence-corrected chi connectivity index (χ4v) is 2.68. The van der Waals surface area contributed by atoms with E-state index < -0.39 is 23.8 Å². The molecule has 0 spiro atoms. The molecule has 154 valence electrons. The average molecular weight is 403 g/mol. The number of esters is 1. The molecule has 0 aromatic heterocycles. The van der Waals surface area contributed by atoms with Gasteiger partial charge in [-0.25, -0.2) is 4.79 Å². The number of benzene rings is 2. The van der Waals surface area contributed by atoms with Crippen molar-refractivity contribution in [2.24, 2.45) is 0 Å². The lowest BCUT2D eigenvalue weighted by molar-refractivity contribution is -0.385. The quantitative estimate of drug-likeness (QED) is 0.286. The van der Waals surface area contributed by atoms with Crippen LogP contribution < -0.4 is 14.2 Å². The lowest BCUT2D eigenvalue weighted by Gasteiger charge is -2.23. The Balaban J connectivity index is 1.62. The Hall–Kier alpha value is -3.17. The Bertz CT molecular complexity index is 846. The van der Waals surface area contributed by atoms with Crippen molar-refractivity contribution in [3.63, 3.8) is 0 Å². The molecule has 0 unspecified atom stereocenters. The zero-order chi connectivity index (χ0) is 20.6. The summed E-state index contributed by atoms with van der Waals surface area (Å²) in [6.45, 7) is 3.04. The van der Waals surface area contributed by atoms with Crippen molar-refractivity contribution in [1.82, 2.24) is 0 Å². The van der Waals surface area contributed by atoms with E-state index in [2.05, 4.69) is 0 Å². The second-order valence-electron chi connectivity index (χ2n) is 6.08. The molecule has 1 heterocycles. The molecule has 1 aliphatic rings. The number of carbonyl (C=O) groups excluding carboxylic acids is 1. The summed E-state index contributed by atoms with van der Waals surface area (Å²) in [5.74, 6) is 0.195. The average Bonchev–Trinajstić information content (AvgIpc) is 2.74. The van der Waals surface area contributed by atoms with E-state index in [0.717, 1.165) is 6.42 Å². The smallest absolute Gasteiger partial charge is 0.349 e. The molecule has 9 nitrogen and oxygen atoms in total. The van der Waals surface area contributed by atoms with Gasteiger partial charge in [-0.2, -0.15) is 0 Å². The Kier molecular flexibility index (Phi) is 6.99. The van der Waals surface area contributed by atoms with Crippen LogP contribution in [0.2, 0.25) is 0 Å². The van der Waals surface area contributed by atoms with Gasteiger partial charge in [0.15, 0.2) is 12.9 Å². The van der Waals surface area contributed by atoms with Crippen LogP contribution in [0.3, 0.4) is 0 Å². The molecule has 29 heavy (non-hydrogen) atoms. The summed E-state index contributed by atoms with van der Waals surface area (Å²) in [5.41, 5.74) is 0.136. The molecule has 0 bridgehead atoms. The highest BCUT2D eigenvalue weighted by molar-refractivity contribution is 5.75. The summed E-state index contributed by atoms with van der Waals surface area (Å²) in [6, 6.07) is 10.9. The molecule has 2 aromatic carbocycles. The lowest BCUT2D eigenvalue weighted by atomic mass is 10.1. The van der Waals surface area contributed by atoms with Gasteiger partial charge in [0.25, 0.3) is 0 Å². The number of hydrogen-bond donors (Lipinski definition) is 0. The molecule has 0 atom stereocenters. The number of nitrogens with zero attached hydrogens (tertiary/aromatic N) is 1. The Morgan fingerprint density at radius 1 is 1.10 bits per heavy atom. The topological polar surface area (TPSA) is 106 Å². The molecule has 0 N–H and O–H groups in total. The first kappa shape index (κ1) is 20.6. The summed E-state index contributed by atoms with van der Waals surface area (Å²) < 4.78 is 26.7. The summed E-state index contributed by atoms with van der Waals surface area (Å²) in [7, 11) is 0. The van der Waals surface area contributed by atoms with Gasteiger partial charge in [-0.05, 0) is 49.7 Å². The highest BCUT2D eigenvalue weighted by Gasteiger charge is 2.24. The third kappa shape index (κ3) is 5.66. The second-order valence-corrected chi connectivity index (χ2v) is 6.08. The maximum atomic E-state index is 12.1. The van der Waals surface area contributed by atoms with Crippen molar-refractivity contribution < 1.29 is 33.4 Å². The Labute approximate surface area is 167 Å². The van der Waals surface area contributed by atoms with Gasteiger partial charge in [0.1, 0.15) is 11.5 Å². The lowest BCUT2D eigenvalue weighted by Crippen LogP contribution is -2.19. The minimum atomic E-state index is -0.764. The fraction of sp³-hybridized carbons (Fsp3) is 0.350. The third-order valence-electron chi connectivity index (χ3n) is 3.99. The fourth-order valence-electron chi connectivity index (χ4n) is 2.68. The van der Waals surface area contributed by atoms with Gasteiger partial charge >= 0.3 is 11.7 Å². The second kappa shape index (κ2) is 9.85. The first-order chi connectivity index (χ1) is 14.1. The van der Waals surface area contributed by atoms with E-state index >= 15 is 0 Å². The van der Waals surface area contributed by atoms with Crippen LogP contribution in [0.1, 0.15) is 25.2 Å². The van der Waals surface area contributed by atoms with Crippen LogP contribution in [-0.2, 0) is 14.3 Å². The molecule has 1 saturated heterocycles. The highest BCUT2D eigenvalue weighted by Crippen LogP contribution is 2.33. The number of hydrogen-bond acceptors (Lipinski definition) is 8. The third-order valence-corrected chi connectivity index (χ3v) is 3.99. The van der Waals surface area contributed by atoms with Crippen LogP contribution >= 0.6 is 0 Å². The van der Waals surface area contributed by atoms with E-state index in [-0.39, 0.29) is 11.4 Å². The van der Waals surface area contributed by atoms with Crippen molar-refractivity contribution in [3.05, 3.63) is 58.1 Å². The molecule has 0 aliphatic carbocycles. The standard InChI is InChI=1S/C20H21NO8/c1-2-25-15-5-7-16(8-6-15)28-13-19(22)29-18-9-4-14(12-17(18)21(23)24)20-26-10-3-11-27-20/h4-9,12,20H,2-3,10-11,13H2,1H3. The number of carbonyl (C=O) groups is 1. The normalized spacial score (nSPS) is 14.2. The first-order valence-corrected chi connectivity index (χ1v) is 9.14. The predicted octanol–water partition coefficient (Wildman–Crippen LogP) is 3.41. The van der Waals surface area contributed by atoms with E-state index in [1.165, 1.54) is 12.1 Å². The number of ether oxygens (including phenoxy) is 5. The van der Waals surface area contributed by atoms with Crippen molar-refractivity contribution >= 4 is 11.7 Å². The monoisotopic (exact) mass is 403 g/mol. The van der Waals surface area contributed by atoms with Crippen molar-refractivity contribution in [3.8, 4) is 17.2 Å². The molecule has 1 aliphatic heterocycles. The summed E-state index contributed by atoms with van der Waals surface area (Å²) in [4.78, 5) is 22.8. The van der Waals surface area contributed by atoms with Crippen molar-refractivity contribution in [1.29, 1.82) is 0 Å². The predicted molar refractivity (Wildman–Crippen MR) is 101 cm³/mol. The van der Waals surface area contributed by atoms with E-state index in [1.54, 1.807) is 30.3 Å². The number of nitro benzene ring substituents is 1. The summed E-state index contributed by atoms with van der Waals surface area (Å²) in [5, 5.41) is 11.4. The van der Waals surface area contributed by atoms with E-state index in [1.807, 2.05) is 6.92 Å². The van der Waals surface area contributed by atoms with Crippen LogP contribution in [0.5, 0.6) is 17.2 Å².